The Morgan fingerprint density at radius 1 is 1.22 bits per heavy atom. The zero-order valence-electron chi connectivity index (χ0n) is 18.6. The maximum Gasteiger partial charge on any atom is 0.326 e. The Morgan fingerprint density at radius 2 is 2.03 bits per heavy atom. The van der Waals surface area contributed by atoms with Crippen molar-refractivity contribution in [2.45, 2.75) is 51.5 Å². The Balaban J connectivity index is 1.85. The van der Waals surface area contributed by atoms with E-state index in [1.54, 1.807) is 11.0 Å². The summed E-state index contributed by atoms with van der Waals surface area (Å²) in [5.74, 6) is 0.207. The number of carbonyl (C=O) groups is 1. The number of aryl methyl sites for hydroxylation is 2. The lowest BCUT2D eigenvalue weighted by Gasteiger charge is -2.24. The normalized spacial score (nSPS) is 12.2. The van der Waals surface area contributed by atoms with Gasteiger partial charge < -0.3 is 15.7 Å². The highest BCUT2D eigenvalue weighted by molar-refractivity contribution is 5.76. The molecule has 0 fully saturated rings. The van der Waals surface area contributed by atoms with Crippen molar-refractivity contribution in [3.63, 3.8) is 0 Å². The summed E-state index contributed by atoms with van der Waals surface area (Å²) in [4.78, 5) is 25.6. The fraction of sp³-hybridized carbons (Fsp3) is 0.545. The molecule has 1 atom stereocenters. The highest BCUT2D eigenvalue weighted by atomic mass is 19.3. The van der Waals surface area contributed by atoms with Crippen LogP contribution in [0.5, 0.6) is 0 Å². The minimum atomic E-state index is -2.48. The number of alkyl halides is 2. The number of nitrogens with one attached hydrogen (secondary N) is 2. The molecule has 2 rings (SSSR count). The minimum Gasteiger partial charge on any atom is -0.480 e. The van der Waals surface area contributed by atoms with Crippen LogP contribution >= 0.6 is 0 Å². The van der Waals surface area contributed by atoms with Gasteiger partial charge in [0.2, 0.25) is 0 Å². The van der Waals surface area contributed by atoms with Crippen LogP contribution in [0.3, 0.4) is 0 Å². The molecule has 10 heteroatoms. The van der Waals surface area contributed by atoms with Crippen molar-refractivity contribution >= 4 is 17.6 Å². The fourth-order valence-electron chi connectivity index (χ4n) is 3.42. The van der Waals surface area contributed by atoms with E-state index in [4.69, 9.17) is 0 Å². The van der Waals surface area contributed by atoms with Crippen LogP contribution in [0.15, 0.2) is 30.7 Å². The number of pyridine rings is 1. The second kappa shape index (κ2) is 13.5. The number of carboxylic acids is 1. The molecule has 32 heavy (non-hydrogen) atoms. The third kappa shape index (κ3) is 8.70. The quantitative estimate of drug-likeness (QED) is 0.355. The first-order valence-electron chi connectivity index (χ1n) is 10.8. The molecule has 0 aliphatic rings. The molecule has 0 aromatic carbocycles. The predicted molar refractivity (Wildman–Crippen MR) is 120 cm³/mol. The van der Waals surface area contributed by atoms with Gasteiger partial charge in [-0.15, -0.1) is 0 Å². The number of aromatic nitrogens is 3. The minimum absolute atomic E-state index is 0.178. The summed E-state index contributed by atoms with van der Waals surface area (Å²) in [6.45, 7) is 2.41. The lowest BCUT2D eigenvalue weighted by Crippen LogP contribution is -2.37. The van der Waals surface area contributed by atoms with Crippen molar-refractivity contribution in [2.24, 2.45) is 0 Å². The van der Waals surface area contributed by atoms with Gasteiger partial charge >= 0.3 is 5.97 Å². The van der Waals surface area contributed by atoms with Crippen LogP contribution in [-0.4, -0.2) is 70.1 Å². The number of hydrogen-bond acceptors (Lipinski definition) is 7. The summed E-state index contributed by atoms with van der Waals surface area (Å²) in [7, 11) is 1.84. The first-order valence-corrected chi connectivity index (χ1v) is 10.8. The summed E-state index contributed by atoms with van der Waals surface area (Å²) in [6.07, 6.45) is 3.70. The van der Waals surface area contributed by atoms with Crippen molar-refractivity contribution in [3.05, 3.63) is 42.0 Å². The molecule has 2 heterocycles. The fourth-order valence-corrected chi connectivity index (χ4v) is 3.42. The molecule has 1 unspecified atom stereocenters. The average Bonchev–Trinajstić information content (AvgIpc) is 2.79. The average molecular weight is 451 g/mol. The maximum atomic E-state index is 13.0. The molecule has 176 valence electrons. The van der Waals surface area contributed by atoms with Crippen LogP contribution < -0.4 is 10.6 Å². The Morgan fingerprint density at radius 3 is 2.66 bits per heavy atom. The monoisotopic (exact) mass is 450 g/mol. The van der Waals surface area contributed by atoms with Crippen molar-refractivity contribution in [3.8, 4) is 0 Å². The highest BCUT2D eigenvalue weighted by Crippen LogP contribution is 2.15. The van der Waals surface area contributed by atoms with Gasteiger partial charge in [0.1, 0.15) is 24.0 Å². The summed E-state index contributed by atoms with van der Waals surface area (Å²) < 4.78 is 26.1. The van der Waals surface area contributed by atoms with Crippen molar-refractivity contribution < 1.29 is 18.7 Å². The number of halogens is 2. The molecule has 0 bridgehead atoms. The van der Waals surface area contributed by atoms with E-state index in [0.29, 0.717) is 12.4 Å². The SMILES string of the molecule is CCc1ccc(CCCCN(CCC(Nc2ccncn2)C(=O)O)CC(F)F)nc1NC. The van der Waals surface area contributed by atoms with E-state index >= 15 is 0 Å². The molecule has 3 N–H and O–H groups in total. The number of rotatable bonds is 15. The maximum absolute atomic E-state index is 13.0. The van der Waals surface area contributed by atoms with E-state index < -0.39 is 18.4 Å². The van der Waals surface area contributed by atoms with E-state index in [0.717, 1.165) is 42.8 Å². The van der Waals surface area contributed by atoms with Crippen LogP contribution in [0.4, 0.5) is 20.4 Å². The molecule has 2 aromatic heterocycles. The zero-order chi connectivity index (χ0) is 23.3. The number of nitrogens with zero attached hydrogens (tertiary/aromatic N) is 4. The first kappa shape index (κ1) is 25.4. The number of aliphatic carboxylic acids is 1. The van der Waals surface area contributed by atoms with Gasteiger partial charge in [0.15, 0.2) is 0 Å². The second-order valence-corrected chi connectivity index (χ2v) is 7.48. The van der Waals surface area contributed by atoms with E-state index in [-0.39, 0.29) is 19.5 Å². The second-order valence-electron chi connectivity index (χ2n) is 7.48. The summed E-state index contributed by atoms with van der Waals surface area (Å²) >= 11 is 0. The summed E-state index contributed by atoms with van der Waals surface area (Å²) in [6, 6.07) is 4.71. The lowest BCUT2D eigenvalue weighted by molar-refractivity contribution is -0.138. The molecule has 0 aliphatic heterocycles. The Hall–Kier alpha value is -2.88. The topological polar surface area (TPSA) is 103 Å². The predicted octanol–water partition coefficient (Wildman–Crippen LogP) is 3.32. The molecule has 0 spiro atoms. The number of anilines is 2. The molecule has 0 radical (unpaired) electrons. The molecule has 0 aliphatic carbocycles. The number of unbranched alkanes of at least 4 members (excludes halogenated alkanes) is 1. The van der Waals surface area contributed by atoms with Gasteiger partial charge in [-0.3, -0.25) is 4.90 Å². The number of hydrogen-bond donors (Lipinski definition) is 3. The molecule has 0 saturated carbocycles. The van der Waals surface area contributed by atoms with Crippen LogP contribution in [-0.2, 0) is 17.6 Å². The van der Waals surface area contributed by atoms with Gasteiger partial charge in [-0.1, -0.05) is 13.0 Å². The largest absolute Gasteiger partial charge is 0.480 e. The van der Waals surface area contributed by atoms with Crippen molar-refractivity contribution in [1.82, 2.24) is 19.9 Å². The van der Waals surface area contributed by atoms with Crippen molar-refractivity contribution in [2.75, 3.05) is 37.3 Å². The zero-order valence-corrected chi connectivity index (χ0v) is 18.6. The summed E-state index contributed by atoms with van der Waals surface area (Å²) in [5, 5.41) is 15.4. The highest BCUT2D eigenvalue weighted by Gasteiger charge is 2.20. The lowest BCUT2D eigenvalue weighted by atomic mass is 10.1. The third-order valence-corrected chi connectivity index (χ3v) is 5.14. The van der Waals surface area contributed by atoms with Gasteiger partial charge in [0.05, 0.1) is 6.54 Å². The molecule has 0 saturated heterocycles. The molecular formula is C22H32F2N6O2. The van der Waals surface area contributed by atoms with E-state index in [9.17, 15) is 18.7 Å². The van der Waals surface area contributed by atoms with Crippen LogP contribution in [0.25, 0.3) is 0 Å². The van der Waals surface area contributed by atoms with E-state index in [1.807, 2.05) is 13.1 Å². The van der Waals surface area contributed by atoms with E-state index in [1.165, 1.54) is 12.5 Å². The molecule has 8 nitrogen and oxygen atoms in total. The third-order valence-electron chi connectivity index (χ3n) is 5.14. The van der Waals surface area contributed by atoms with Crippen LogP contribution in [0.2, 0.25) is 0 Å². The van der Waals surface area contributed by atoms with E-state index in [2.05, 4.69) is 38.6 Å². The summed E-state index contributed by atoms with van der Waals surface area (Å²) in [5.41, 5.74) is 2.12. The van der Waals surface area contributed by atoms with Gasteiger partial charge in [0, 0.05) is 25.5 Å². The van der Waals surface area contributed by atoms with Crippen molar-refractivity contribution in [1.29, 1.82) is 0 Å². The smallest absolute Gasteiger partial charge is 0.326 e. The van der Waals surface area contributed by atoms with Gasteiger partial charge in [0.25, 0.3) is 6.43 Å². The molecule has 0 amide bonds. The molecule has 2 aromatic rings. The Bertz CT molecular complexity index is 825. The standard InChI is InChI=1S/C22H32F2N6O2/c1-3-16-7-8-17(28-21(16)25-2)6-4-5-12-30(14-19(23)24)13-10-18(22(31)32)29-20-9-11-26-15-27-20/h7-9,11,15,18-19H,3-6,10,12-14H2,1-2H3,(H,25,28)(H,31,32)(H,26,27,29). The Kier molecular flexibility index (Phi) is 10.7. The molecular weight excluding hydrogens is 418 g/mol. The van der Waals surface area contributed by atoms with Gasteiger partial charge in [-0.25, -0.2) is 28.5 Å². The van der Waals surface area contributed by atoms with Crippen LogP contribution in [0.1, 0.15) is 37.4 Å². The van der Waals surface area contributed by atoms with Crippen LogP contribution in [0, 0.1) is 0 Å². The Labute approximate surface area is 187 Å². The first-order chi connectivity index (χ1) is 15.4. The van der Waals surface area contributed by atoms with Gasteiger partial charge in [-0.05, 0) is 56.3 Å². The number of carboxylic acid groups (broad SMARTS) is 1. The van der Waals surface area contributed by atoms with Gasteiger partial charge in [-0.2, -0.15) is 0 Å².